The number of anilines is 1. The van der Waals surface area contributed by atoms with Crippen molar-refractivity contribution in [1.82, 2.24) is 4.72 Å². The quantitative estimate of drug-likeness (QED) is 0.763. The van der Waals surface area contributed by atoms with Gasteiger partial charge in [-0.25, -0.2) is 13.2 Å². The second-order valence-electron chi connectivity index (χ2n) is 5.18. The van der Waals surface area contributed by atoms with Crippen LogP contribution in [0.4, 0.5) is 5.69 Å². The first-order valence-electron chi connectivity index (χ1n) is 7.40. The fraction of sp³-hybridized carbons (Fsp3) is 0.176. The first-order chi connectivity index (χ1) is 11.8. The molecule has 1 atom stereocenters. The number of carbonyl (C=O) groups excluding carboxylic acids is 2. The molecule has 2 aromatic rings. The van der Waals surface area contributed by atoms with Crippen molar-refractivity contribution in [3.05, 3.63) is 60.2 Å². The van der Waals surface area contributed by atoms with Crippen molar-refractivity contribution in [2.24, 2.45) is 0 Å². The molecule has 0 spiro atoms. The molecule has 0 aliphatic rings. The third-order valence-corrected chi connectivity index (χ3v) is 4.93. The van der Waals surface area contributed by atoms with Gasteiger partial charge in [-0.1, -0.05) is 30.3 Å². The van der Waals surface area contributed by atoms with Crippen LogP contribution in [-0.4, -0.2) is 33.4 Å². The van der Waals surface area contributed by atoms with Crippen molar-refractivity contribution >= 4 is 27.6 Å². The molecule has 8 heteroatoms. The lowest BCUT2D eigenvalue weighted by Gasteiger charge is -2.15. The lowest BCUT2D eigenvalue weighted by atomic mass is 10.1. The number of nitrogens with one attached hydrogen (secondary N) is 2. The zero-order valence-corrected chi connectivity index (χ0v) is 14.5. The largest absolute Gasteiger partial charge is 0.465 e. The topological polar surface area (TPSA) is 102 Å². The summed E-state index contributed by atoms with van der Waals surface area (Å²) in [5, 5.41) is 2.53. The molecule has 0 saturated carbocycles. The van der Waals surface area contributed by atoms with Crippen molar-refractivity contribution in [1.29, 1.82) is 0 Å². The number of amides is 1. The molecule has 0 saturated heterocycles. The van der Waals surface area contributed by atoms with Gasteiger partial charge in [-0.15, -0.1) is 0 Å². The Morgan fingerprint density at radius 3 is 2.24 bits per heavy atom. The molecule has 2 rings (SSSR count). The zero-order chi connectivity index (χ0) is 18.4. The second-order valence-corrected chi connectivity index (χ2v) is 6.90. The molecule has 25 heavy (non-hydrogen) atoms. The smallest absolute Gasteiger partial charge is 0.339 e. The molecule has 0 bridgehead atoms. The Balaban J connectivity index is 2.13. The van der Waals surface area contributed by atoms with Crippen LogP contribution in [0.3, 0.4) is 0 Å². The van der Waals surface area contributed by atoms with Crippen LogP contribution in [0.2, 0.25) is 0 Å². The van der Waals surface area contributed by atoms with E-state index in [1.807, 2.05) is 0 Å². The molecule has 0 aliphatic heterocycles. The van der Waals surface area contributed by atoms with Crippen molar-refractivity contribution in [3.63, 3.8) is 0 Å². The van der Waals surface area contributed by atoms with Gasteiger partial charge in [0.05, 0.1) is 29.3 Å². The fourth-order valence-electron chi connectivity index (χ4n) is 2.07. The molecular formula is C17H18N2O5S. The Morgan fingerprint density at radius 2 is 1.60 bits per heavy atom. The number of carbonyl (C=O) groups is 2. The van der Waals surface area contributed by atoms with Gasteiger partial charge in [0.15, 0.2) is 0 Å². The summed E-state index contributed by atoms with van der Waals surface area (Å²) in [6.07, 6.45) is 0. The molecule has 0 aliphatic carbocycles. The van der Waals surface area contributed by atoms with Crippen LogP contribution in [0.25, 0.3) is 0 Å². The highest BCUT2D eigenvalue weighted by molar-refractivity contribution is 7.89. The number of esters is 1. The van der Waals surface area contributed by atoms with Crippen molar-refractivity contribution in [2.75, 3.05) is 12.4 Å². The summed E-state index contributed by atoms with van der Waals surface area (Å²) in [6.45, 7) is 1.41. The lowest BCUT2D eigenvalue weighted by molar-refractivity contribution is -0.117. The Morgan fingerprint density at radius 1 is 1.00 bits per heavy atom. The standard InChI is InChI=1S/C17H18N2O5S/c1-12(19-25(22,23)13-8-4-3-5-9-13)16(20)18-15-11-7-6-10-14(15)17(21)24-2/h3-12,19H,1-2H3,(H,18,20)/t12-/m0/s1. The molecule has 0 heterocycles. The SMILES string of the molecule is COC(=O)c1ccccc1NC(=O)[C@H](C)NS(=O)(=O)c1ccccc1. The number of hydrogen-bond acceptors (Lipinski definition) is 5. The van der Waals surface area contributed by atoms with Gasteiger partial charge in [0.1, 0.15) is 0 Å². The molecule has 2 aromatic carbocycles. The van der Waals surface area contributed by atoms with E-state index in [2.05, 4.69) is 14.8 Å². The molecule has 0 unspecified atom stereocenters. The number of benzene rings is 2. The second kappa shape index (κ2) is 7.91. The average molecular weight is 362 g/mol. The van der Waals surface area contributed by atoms with Gasteiger partial charge in [-0.3, -0.25) is 4.79 Å². The first-order valence-corrected chi connectivity index (χ1v) is 8.89. The van der Waals surface area contributed by atoms with Gasteiger partial charge in [0.25, 0.3) is 0 Å². The van der Waals surface area contributed by atoms with Crippen LogP contribution in [0, 0.1) is 0 Å². The summed E-state index contributed by atoms with van der Waals surface area (Å²) >= 11 is 0. The highest BCUT2D eigenvalue weighted by atomic mass is 32.2. The van der Waals surface area contributed by atoms with Crippen LogP contribution in [0.5, 0.6) is 0 Å². The third-order valence-electron chi connectivity index (χ3n) is 3.37. The molecule has 0 fully saturated rings. The van der Waals surface area contributed by atoms with Gasteiger partial charge >= 0.3 is 5.97 Å². The Bertz CT molecular complexity index is 866. The maximum atomic E-state index is 12.3. The maximum absolute atomic E-state index is 12.3. The summed E-state index contributed by atoms with van der Waals surface area (Å²) in [5.74, 6) is -1.20. The minimum Gasteiger partial charge on any atom is -0.465 e. The highest BCUT2D eigenvalue weighted by Gasteiger charge is 2.23. The summed E-state index contributed by atoms with van der Waals surface area (Å²) in [7, 11) is -2.60. The van der Waals surface area contributed by atoms with E-state index in [9.17, 15) is 18.0 Å². The van der Waals surface area contributed by atoms with Gasteiger partial charge in [-0.05, 0) is 31.2 Å². The Hall–Kier alpha value is -2.71. The molecule has 1 amide bonds. The van der Waals surface area contributed by atoms with Crippen LogP contribution in [0.1, 0.15) is 17.3 Å². The molecule has 0 aromatic heterocycles. The van der Waals surface area contributed by atoms with Crippen LogP contribution in [0.15, 0.2) is 59.5 Å². The van der Waals surface area contributed by atoms with Gasteiger partial charge in [-0.2, -0.15) is 4.72 Å². The lowest BCUT2D eigenvalue weighted by Crippen LogP contribution is -2.41. The van der Waals surface area contributed by atoms with E-state index in [-0.39, 0.29) is 16.1 Å². The number of sulfonamides is 1. The molecule has 0 radical (unpaired) electrons. The predicted molar refractivity (Wildman–Crippen MR) is 92.6 cm³/mol. The minimum atomic E-state index is -3.83. The number of ether oxygens (including phenoxy) is 1. The van der Waals surface area contributed by atoms with Crippen LogP contribution < -0.4 is 10.0 Å². The van der Waals surface area contributed by atoms with E-state index in [4.69, 9.17) is 0 Å². The van der Waals surface area contributed by atoms with Crippen molar-refractivity contribution in [2.45, 2.75) is 17.9 Å². The average Bonchev–Trinajstić information content (AvgIpc) is 2.62. The first kappa shape index (κ1) is 18.6. The number of methoxy groups -OCH3 is 1. The minimum absolute atomic E-state index is 0.0598. The maximum Gasteiger partial charge on any atom is 0.339 e. The normalized spacial score (nSPS) is 12.2. The monoisotopic (exact) mass is 362 g/mol. The van der Waals surface area contributed by atoms with E-state index in [0.717, 1.165) is 0 Å². The predicted octanol–water partition coefficient (Wildman–Crippen LogP) is 1.78. The van der Waals surface area contributed by atoms with Gasteiger partial charge in [0, 0.05) is 0 Å². The Kier molecular flexibility index (Phi) is 5.89. The van der Waals surface area contributed by atoms with E-state index >= 15 is 0 Å². The third kappa shape index (κ3) is 4.65. The van der Waals surface area contributed by atoms with Crippen molar-refractivity contribution < 1.29 is 22.7 Å². The summed E-state index contributed by atoms with van der Waals surface area (Å²) in [4.78, 5) is 24.1. The molecule has 132 valence electrons. The molecule has 7 nitrogen and oxygen atoms in total. The van der Waals surface area contributed by atoms with Gasteiger partial charge < -0.3 is 10.1 Å². The van der Waals surface area contributed by atoms with Gasteiger partial charge in [0.2, 0.25) is 15.9 Å². The van der Waals surface area contributed by atoms with E-state index < -0.39 is 27.9 Å². The highest BCUT2D eigenvalue weighted by Crippen LogP contribution is 2.16. The van der Waals surface area contributed by atoms with Crippen LogP contribution in [-0.2, 0) is 19.6 Å². The number of hydrogen-bond donors (Lipinski definition) is 2. The fourth-order valence-corrected chi connectivity index (χ4v) is 3.30. The molecule has 2 N–H and O–H groups in total. The van der Waals surface area contributed by atoms with Crippen molar-refractivity contribution in [3.8, 4) is 0 Å². The van der Waals surface area contributed by atoms with Crippen LogP contribution >= 0.6 is 0 Å². The summed E-state index contributed by atoms with van der Waals surface area (Å²) < 4.78 is 31.5. The summed E-state index contributed by atoms with van der Waals surface area (Å²) in [6, 6.07) is 13.0. The van der Waals surface area contributed by atoms with E-state index in [1.54, 1.807) is 30.3 Å². The number of rotatable bonds is 6. The number of para-hydroxylation sites is 1. The summed E-state index contributed by atoms with van der Waals surface area (Å²) in [5.41, 5.74) is 0.418. The van der Waals surface area contributed by atoms with E-state index in [0.29, 0.717) is 0 Å². The van der Waals surface area contributed by atoms with E-state index in [1.165, 1.54) is 38.3 Å². The Labute approximate surface area is 146 Å². The molecular weight excluding hydrogens is 344 g/mol. The zero-order valence-electron chi connectivity index (χ0n) is 13.7.